The van der Waals surface area contributed by atoms with Crippen LogP contribution in [-0.2, 0) is 12.3 Å². The van der Waals surface area contributed by atoms with Gasteiger partial charge in [0.15, 0.2) is 0 Å². The second-order valence-electron chi connectivity index (χ2n) is 4.44. The number of thioether (sulfide) groups is 1. The zero-order chi connectivity index (χ0) is 14.2. The van der Waals surface area contributed by atoms with Gasteiger partial charge in [-0.2, -0.15) is 11.8 Å². The zero-order valence-electron chi connectivity index (χ0n) is 11.5. The zero-order valence-corrected chi connectivity index (χ0v) is 12.3. The van der Waals surface area contributed by atoms with Crippen molar-refractivity contribution >= 4 is 23.5 Å². The van der Waals surface area contributed by atoms with Crippen LogP contribution in [0, 0.1) is 0 Å². The molecule has 0 fully saturated rings. The van der Waals surface area contributed by atoms with Crippen LogP contribution in [0.5, 0.6) is 0 Å². The molecule has 4 nitrogen and oxygen atoms in total. The second-order valence-corrected chi connectivity index (χ2v) is 5.30. The van der Waals surface area contributed by atoms with Crippen LogP contribution in [-0.4, -0.2) is 23.4 Å². The van der Waals surface area contributed by atoms with Crippen LogP contribution in [0.3, 0.4) is 0 Å². The molecule has 0 spiro atoms. The lowest BCUT2D eigenvalue weighted by Crippen LogP contribution is -2.31. The molecular formula is C15H19N3OS. The van der Waals surface area contributed by atoms with Gasteiger partial charge in [0.2, 0.25) is 0 Å². The first kappa shape index (κ1) is 14.5. The average molecular weight is 289 g/mol. The minimum atomic E-state index is -0.168. The molecule has 20 heavy (non-hydrogen) atoms. The summed E-state index contributed by atoms with van der Waals surface area (Å²) in [4.78, 5) is 11.8. The number of carbonyl (C=O) groups excluding carboxylic acids is 1. The fourth-order valence-electron chi connectivity index (χ4n) is 1.90. The molecule has 5 heteroatoms. The first-order valence-corrected chi connectivity index (χ1v) is 7.91. The van der Waals surface area contributed by atoms with Crippen molar-refractivity contribution in [2.75, 3.05) is 18.1 Å². The van der Waals surface area contributed by atoms with E-state index in [2.05, 4.69) is 23.0 Å². The van der Waals surface area contributed by atoms with E-state index in [0.29, 0.717) is 6.54 Å². The molecule has 0 saturated carbocycles. The molecule has 106 valence electrons. The number of urea groups is 1. The maximum absolute atomic E-state index is 11.8. The first-order chi connectivity index (χ1) is 9.78. The van der Waals surface area contributed by atoms with Crippen molar-refractivity contribution in [2.24, 2.45) is 0 Å². The first-order valence-electron chi connectivity index (χ1n) is 6.51. The third-order valence-corrected chi connectivity index (χ3v) is 3.44. The summed E-state index contributed by atoms with van der Waals surface area (Å²) in [5, 5.41) is 5.70. The largest absolute Gasteiger partial charge is 0.353 e. The number of aromatic nitrogens is 1. The number of hydrogen-bond acceptors (Lipinski definition) is 2. The van der Waals surface area contributed by atoms with Gasteiger partial charge >= 0.3 is 6.03 Å². The second kappa shape index (κ2) is 7.65. The lowest BCUT2D eigenvalue weighted by molar-refractivity contribution is 0.251. The van der Waals surface area contributed by atoms with Crippen LogP contribution in [0.15, 0.2) is 48.8 Å². The molecule has 0 aliphatic rings. The predicted molar refractivity (Wildman–Crippen MR) is 85.1 cm³/mol. The Morgan fingerprint density at radius 1 is 1.25 bits per heavy atom. The summed E-state index contributed by atoms with van der Waals surface area (Å²) in [7, 11) is 0. The van der Waals surface area contributed by atoms with Gasteiger partial charge in [-0.05, 0) is 36.1 Å². The number of hydrogen-bond donors (Lipinski definition) is 2. The molecule has 1 heterocycles. The van der Waals surface area contributed by atoms with Gasteiger partial charge in [-0.15, -0.1) is 0 Å². The molecule has 2 aromatic rings. The number of anilines is 1. The monoisotopic (exact) mass is 289 g/mol. The minimum absolute atomic E-state index is 0.168. The average Bonchev–Trinajstić information content (AvgIpc) is 2.93. The van der Waals surface area contributed by atoms with Crippen molar-refractivity contribution in [3.05, 3.63) is 54.4 Å². The van der Waals surface area contributed by atoms with Gasteiger partial charge in [-0.25, -0.2) is 4.79 Å². The summed E-state index contributed by atoms with van der Waals surface area (Å²) in [6.45, 7) is 1.37. The molecule has 2 N–H and O–H groups in total. The Balaban J connectivity index is 1.77. The van der Waals surface area contributed by atoms with Crippen molar-refractivity contribution in [3.63, 3.8) is 0 Å². The smallest absolute Gasteiger partial charge is 0.319 e. The highest BCUT2D eigenvalue weighted by Gasteiger charge is 2.01. The third-order valence-electron chi connectivity index (χ3n) is 2.82. The topological polar surface area (TPSA) is 46.1 Å². The summed E-state index contributed by atoms with van der Waals surface area (Å²) >= 11 is 1.76. The van der Waals surface area contributed by atoms with Gasteiger partial charge in [-0.3, -0.25) is 0 Å². The van der Waals surface area contributed by atoms with Gasteiger partial charge in [0.25, 0.3) is 0 Å². The number of benzene rings is 1. The molecule has 0 atom stereocenters. The molecule has 0 saturated heterocycles. The summed E-state index contributed by atoms with van der Waals surface area (Å²) in [6, 6.07) is 11.7. The SMILES string of the molecule is CSCc1cccc(NC(=O)NCCn2cccc2)c1. The summed E-state index contributed by atoms with van der Waals surface area (Å²) < 4.78 is 2.03. The molecule has 0 unspecified atom stereocenters. The van der Waals surface area contributed by atoms with Crippen molar-refractivity contribution in [3.8, 4) is 0 Å². The fourth-order valence-corrected chi connectivity index (χ4v) is 2.41. The summed E-state index contributed by atoms with van der Waals surface area (Å²) in [5.41, 5.74) is 2.04. The van der Waals surface area contributed by atoms with E-state index < -0.39 is 0 Å². The summed E-state index contributed by atoms with van der Waals surface area (Å²) in [6.07, 6.45) is 6.02. The maximum Gasteiger partial charge on any atom is 0.319 e. The minimum Gasteiger partial charge on any atom is -0.353 e. The third kappa shape index (κ3) is 4.66. The standard InChI is InChI=1S/C15H19N3OS/c1-20-12-13-5-4-6-14(11-13)17-15(19)16-7-10-18-8-2-3-9-18/h2-6,8-9,11H,7,10,12H2,1H3,(H2,16,17,19). The van der Waals surface area contributed by atoms with E-state index in [-0.39, 0.29) is 6.03 Å². The number of nitrogens with one attached hydrogen (secondary N) is 2. The Morgan fingerprint density at radius 2 is 2.05 bits per heavy atom. The molecule has 2 rings (SSSR count). The molecule has 0 bridgehead atoms. The fraction of sp³-hybridized carbons (Fsp3) is 0.267. The molecule has 0 radical (unpaired) electrons. The van der Waals surface area contributed by atoms with Crippen molar-refractivity contribution in [1.29, 1.82) is 0 Å². The van der Waals surface area contributed by atoms with E-state index in [1.807, 2.05) is 47.3 Å². The Hall–Kier alpha value is -1.88. The highest BCUT2D eigenvalue weighted by molar-refractivity contribution is 7.97. The quantitative estimate of drug-likeness (QED) is 0.858. The number of amides is 2. The van der Waals surface area contributed by atoms with Crippen LogP contribution in [0.1, 0.15) is 5.56 Å². The molecule has 0 aliphatic heterocycles. The van der Waals surface area contributed by atoms with Crippen molar-refractivity contribution in [2.45, 2.75) is 12.3 Å². The van der Waals surface area contributed by atoms with E-state index in [1.165, 1.54) is 5.56 Å². The molecular weight excluding hydrogens is 270 g/mol. The highest BCUT2D eigenvalue weighted by atomic mass is 32.2. The normalized spacial score (nSPS) is 10.2. The Morgan fingerprint density at radius 3 is 2.80 bits per heavy atom. The van der Waals surface area contributed by atoms with Crippen molar-refractivity contribution in [1.82, 2.24) is 9.88 Å². The van der Waals surface area contributed by atoms with Gasteiger partial charge in [0.1, 0.15) is 0 Å². The number of carbonyl (C=O) groups is 1. The maximum atomic E-state index is 11.8. The van der Waals surface area contributed by atoms with Crippen LogP contribution in [0.4, 0.5) is 10.5 Å². The highest BCUT2D eigenvalue weighted by Crippen LogP contribution is 2.14. The lowest BCUT2D eigenvalue weighted by Gasteiger charge is -2.09. The molecule has 2 amide bonds. The molecule has 1 aromatic carbocycles. The Labute approximate surface area is 123 Å². The van der Waals surface area contributed by atoms with Gasteiger partial charge in [0, 0.05) is 36.9 Å². The van der Waals surface area contributed by atoms with Crippen LogP contribution in [0.2, 0.25) is 0 Å². The lowest BCUT2D eigenvalue weighted by atomic mass is 10.2. The van der Waals surface area contributed by atoms with Gasteiger partial charge in [0.05, 0.1) is 0 Å². The van der Waals surface area contributed by atoms with Crippen LogP contribution >= 0.6 is 11.8 Å². The van der Waals surface area contributed by atoms with Gasteiger partial charge < -0.3 is 15.2 Å². The predicted octanol–water partition coefficient (Wildman–Crippen LogP) is 3.17. The molecule has 0 aliphatic carbocycles. The van der Waals surface area contributed by atoms with Gasteiger partial charge in [-0.1, -0.05) is 12.1 Å². The van der Waals surface area contributed by atoms with E-state index in [9.17, 15) is 4.79 Å². The Kier molecular flexibility index (Phi) is 5.55. The number of rotatable bonds is 6. The van der Waals surface area contributed by atoms with Crippen molar-refractivity contribution < 1.29 is 4.79 Å². The van der Waals surface area contributed by atoms with E-state index in [0.717, 1.165) is 18.0 Å². The summed E-state index contributed by atoms with van der Waals surface area (Å²) in [5.74, 6) is 0.949. The van der Waals surface area contributed by atoms with Crippen LogP contribution in [0.25, 0.3) is 0 Å². The van der Waals surface area contributed by atoms with E-state index in [4.69, 9.17) is 0 Å². The number of nitrogens with zero attached hydrogens (tertiary/aromatic N) is 1. The molecule has 1 aromatic heterocycles. The van der Waals surface area contributed by atoms with E-state index >= 15 is 0 Å². The van der Waals surface area contributed by atoms with E-state index in [1.54, 1.807) is 11.8 Å². The van der Waals surface area contributed by atoms with Crippen LogP contribution < -0.4 is 10.6 Å². The Bertz CT molecular complexity index is 540.